The van der Waals surface area contributed by atoms with Crippen LogP contribution in [0, 0.1) is 0 Å². The summed E-state index contributed by atoms with van der Waals surface area (Å²) >= 11 is 0. The minimum atomic E-state index is -1.30. The lowest BCUT2D eigenvalue weighted by Gasteiger charge is -2.46. The van der Waals surface area contributed by atoms with Crippen LogP contribution in [0.15, 0.2) is 25.3 Å². The van der Waals surface area contributed by atoms with Gasteiger partial charge in [-0.1, -0.05) is 58.1 Å². The molecule has 3 heteroatoms. The summed E-state index contributed by atoms with van der Waals surface area (Å²) in [6.45, 7) is 12.1. The van der Waals surface area contributed by atoms with Gasteiger partial charge in [0.1, 0.15) is 11.2 Å². The molecule has 130 valence electrons. The van der Waals surface area contributed by atoms with Crippen molar-refractivity contribution < 1.29 is 14.9 Å². The lowest BCUT2D eigenvalue weighted by molar-refractivity contribution is -0.202. The number of hydrogen-bond donors (Lipinski definition) is 2. The maximum atomic E-state index is 11.0. The van der Waals surface area contributed by atoms with Gasteiger partial charge in [-0.15, -0.1) is 13.2 Å². The monoisotopic (exact) mass is 312 g/mol. The van der Waals surface area contributed by atoms with Crippen LogP contribution in [0.2, 0.25) is 0 Å². The van der Waals surface area contributed by atoms with E-state index in [1.807, 2.05) is 0 Å². The maximum Gasteiger partial charge on any atom is 0.120 e. The highest BCUT2D eigenvalue weighted by atomic mass is 16.5. The number of hydrogen-bond acceptors (Lipinski definition) is 3. The van der Waals surface area contributed by atoms with Gasteiger partial charge >= 0.3 is 0 Å². The molecule has 0 fully saturated rings. The molecule has 2 atom stereocenters. The minimum absolute atomic E-state index is 0.317. The summed E-state index contributed by atoms with van der Waals surface area (Å²) < 4.78 is 6.20. The molecule has 3 nitrogen and oxygen atoms in total. The van der Waals surface area contributed by atoms with Crippen molar-refractivity contribution in [1.29, 1.82) is 0 Å². The van der Waals surface area contributed by atoms with Gasteiger partial charge in [-0.3, -0.25) is 0 Å². The second kappa shape index (κ2) is 11.9. The first kappa shape index (κ1) is 21.4. The lowest BCUT2D eigenvalue weighted by atomic mass is 9.74. The van der Waals surface area contributed by atoms with Crippen LogP contribution < -0.4 is 0 Å². The van der Waals surface area contributed by atoms with E-state index in [0.29, 0.717) is 19.4 Å². The summed E-state index contributed by atoms with van der Waals surface area (Å²) in [5.74, 6) is 0. The van der Waals surface area contributed by atoms with Crippen molar-refractivity contribution in [2.75, 3.05) is 13.2 Å². The standard InChI is InChI=1S/C19H36O3/c1-5-9-11-15-19(14-8-4,22-16-12-10-6-2)18(21,17-20)13-7-3/h7-8,20-21H,3-6,9-17H2,1-2H3. The lowest BCUT2D eigenvalue weighted by Crippen LogP contribution is -2.58. The van der Waals surface area contributed by atoms with Gasteiger partial charge in [-0.2, -0.15) is 0 Å². The molecule has 0 bridgehead atoms. The van der Waals surface area contributed by atoms with Crippen molar-refractivity contribution in [3.63, 3.8) is 0 Å². The van der Waals surface area contributed by atoms with Crippen LogP contribution in [0.1, 0.15) is 71.6 Å². The third-order valence-corrected chi connectivity index (χ3v) is 4.38. The first-order chi connectivity index (χ1) is 10.6. The van der Waals surface area contributed by atoms with E-state index in [2.05, 4.69) is 27.0 Å². The van der Waals surface area contributed by atoms with E-state index in [1.165, 1.54) is 0 Å². The number of ether oxygens (including phenoxy) is 1. The Labute approximate surface area is 137 Å². The quantitative estimate of drug-likeness (QED) is 0.348. The Morgan fingerprint density at radius 3 is 2.05 bits per heavy atom. The van der Waals surface area contributed by atoms with Gasteiger partial charge in [0.15, 0.2) is 0 Å². The van der Waals surface area contributed by atoms with Crippen LogP contribution in [0.3, 0.4) is 0 Å². The summed E-state index contributed by atoms with van der Waals surface area (Å²) in [5, 5.41) is 20.8. The number of unbranched alkanes of at least 4 members (excludes halogenated alkanes) is 4. The molecule has 0 saturated heterocycles. The average molecular weight is 312 g/mol. The van der Waals surface area contributed by atoms with Crippen LogP contribution in [-0.4, -0.2) is 34.6 Å². The molecular weight excluding hydrogens is 276 g/mol. The van der Waals surface area contributed by atoms with Crippen molar-refractivity contribution in [2.45, 2.75) is 82.8 Å². The summed E-state index contributed by atoms with van der Waals surface area (Å²) in [6.07, 6.45) is 11.4. The highest BCUT2D eigenvalue weighted by molar-refractivity contribution is 5.06. The summed E-state index contributed by atoms with van der Waals surface area (Å²) in [6, 6.07) is 0. The predicted octanol–water partition coefficient (Wildman–Crippen LogP) is 4.39. The fraction of sp³-hybridized carbons (Fsp3) is 0.789. The topological polar surface area (TPSA) is 49.7 Å². The zero-order chi connectivity index (χ0) is 16.9. The first-order valence-electron chi connectivity index (χ1n) is 8.74. The summed E-state index contributed by atoms with van der Waals surface area (Å²) in [4.78, 5) is 0. The summed E-state index contributed by atoms with van der Waals surface area (Å²) in [5.41, 5.74) is -2.08. The van der Waals surface area contributed by atoms with E-state index in [0.717, 1.165) is 44.9 Å². The highest BCUT2D eigenvalue weighted by Crippen LogP contribution is 2.38. The SMILES string of the molecule is C=CCC(O)(CO)C(CC=C)(CCCCC)OCCCCC. The van der Waals surface area contributed by atoms with E-state index in [4.69, 9.17) is 4.74 Å². The first-order valence-corrected chi connectivity index (χ1v) is 8.74. The van der Waals surface area contributed by atoms with Gasteiger partial charge in [0, 0.05) is 6.61 Å². The van der Waals surface area contributed by atoms with Crippen LogP contribution in [0.4, 0.5) is 0 Å². The predicted molar refractivity (Wildman–Crippen MR) is 94.0 cm³/mol. The zero-order valence-corrected chi connectivity index (χ0v) is 14.6. The van der Waals surface area contributed by atoms with E-state index in [-0.39, 0.29) is 6.61 Å². The van der Waals surface area contributed by atoms with Crippen molar-refractivity contribution in [1.82, 2.24) is 0 Å². The Morgan fingerprint density at radius 2 is 1.55 bits per heavy atom. The Balaban J connectivity index is 5.22. The van der Waals surface area contributed by atoms with Crippen LogP contribution >= 0.6 is 0 Å². The average Bonchev–Trinajstić information content (AvgIpc) is 2.51. The molecule has 0 aliphatic carbocycles. The molecule has 2 N–H and O–H groups in total. The van der Waals surface area contributed by atoms with E-state index in [1.54, 1.807) is 12.2 Å². The Morgan fingerprint density at radius 1 is 0.955 bits per heavy atom. The Kier molecular flexibility index (Phi) is 11.5. The number of rotatable bonds is 15. The van der Waals surface area contributed by atoms with Gasteiger partial charge in [-0.05, 0) is 25.7 Å². The van der Waals surface area contributed by atoms with Crippen molar-refractivity contribution >= 4 is 0 Å². The molecule has 0 aromatic rings. The second-order valence-electron chi connectivity index (χ2n) is 6.18. The van der Waals surface area contributed by atoms with E-state index >= 15 is 0 Å². The molecule has 0 aliphatic heterocycles. The smallest absolute Gasteiger partial charge is 0.120 e. The van der Waals surface area contributed by atoms with Crippen molar-refractivity contribution in [3.8, 4) is 0 Å². The van der Waals surface area contributed by atoms with Gasteiger partial charge in [-0.25, -0.2) is 0 Å². The van der Waals surface area contributed by atoms with Gasteiger partial charge in [0.2, 0.25) is 0 Å². The van der Waals surface area contributed by atoms with Crippen LogP contribution in [-0.2, 0) is 4.74 Å². The van der Waals surface area contributed by atoms with Gasteiger partial charge in [0.05, 0.1) is 6.61 Å². The second-order valence-corrected chi connectivity index (χ2v) is 6.18. The molecule has 0 spiro atoms. The number of aliphatic hydroxyl groups excluding tert-OH is 1. The maximum absolute atomic E-state index is 11.0. The minimum Gasteiger partial charge on any atom is -0.393 e. The Bertz CT molecular complexity index is 303. The van der Waals surface area contributed by atoms with E-state index in [9.17, 15) is 10.2 Å². The van der Waals surface area contributed by atoms with Crippen LogP contribution in [0.25, 0.3) is 0 Å². The molecule has 0 saturated carbocycles. The van der Waals surface area contributed by atoms with Crippen molar-refractivity contribution in [3.05, 3.63) is 25.3 Å². The molecule has 0 amide bonds. The zero-order valence-electron chi connectivity index (χ0n) is 14.6. The van der Waals surface area contributed by atoms with E-state index < -0.39 is 11.2 Å². The molecule has 0 aromatic carbocycles. The van der Waals surface area contributed by atoms with Gasteiger partial charge < -0.3 is 14.9 Å². The largest absolute Gasteiger partial charge is 0.393 e. The van der Waals surface area contributed by atoms with Crippen molar-refractivity contribution in [2.24, 2.45) is 0 Å². The van der Waals surface area contributed by atoms with Crippen LogP contribution in [0.5, 0.6) is 0 Å². The fourth-order valence-electron chi connectivity index (χ4n) is 2.94. The fourth-order valence-corrected chi connectivity index (χ4v) is 2.94. The molecule has 2 unspecified atom stereocenters. The normalized spacial score (nSPS) is 16.7. The third-order valence-electron chi connectivity index (χ3n) is 4.38. The third kappa shape index (κ3) is 6.23. The molecular formula is C19H36O3. The molecule has 0 aromatic heterocycles. The number of aliphatic hydroxyl groups is 2. The molecule has 22 heavy (non-hydrogen) atoms. The highest BCUT2D eigenvalue weighted by Gasteiger charge is 2.49. The molecule has 0 aliphatic rings. The molecule has 0 rings (SSSR count). The molecule has 0 radical (unpaired) electrons. The Hall–Kier alpha value is -0.640. The summed E-state index contributed by atoms with van der Waals surface area (Å²) in [7, 11) is 0. The molecule has 0 heterocycles. The van der Waals surface area contributed by atoms with Gasteiger partial charge in [0.25, 0.3) is 0 Å².